The van der Waals surface area contributed by atoms with Crippen molar-refractivity contribution < 1.29 is 19.1 Å². The van der Waals surface area contributed by atoms with E-state index in [9.17, 15) is 14.7 Å². The number of imide groups is 1. The molecule has 158 valence electrons. The summed E-state index contributed by atoms with van der Waals surface area (Å²) in [6, 6.07) is 10.3. The molecule has 1 N–H and O–H groups in total. The molecule has 1 saturated heterocycles. The third-order valence-electron chi connectivity index (χ3n) is 6.81. The number of carbonyl (C=O) groups is 2. The molecule has 4 atom stereocenters. The number of benzene rings is 1. The van der Waals surface area contributed by atoms with Gasteiger partial charge in [-0.3, -0.25) is 14.5 Å². The van der Waals surface area contributed by atoms with Crippen LogP contribution in [0.15, 0.2) is 40.9 Å². The molecule has 0 unspecified atom stereocenters. The summed E-state index contributed by atoms with van der Waals surface area (Å²) in [7, 11) is -0.579. The summed E-state index contributed by atoms with van der Waals surface area (Å²) in [6.07, 6.45) is 3.06. The molecule has 3 rings (SSSR count). The second kappa shape index (κ2) is 8.45. The summed E-state index contributed by atoms with van der Waals surface area (Å²) < 4.78 is 7.83. The number of hydrogen-bond donors (Lipinski definition) is 1. The molecule has 0 bridgehead atoms. The molecule has 2 aliphatic rings. The van der Waals surface area contributed by atoms with Crippen molar-refractivity contribution in [1.29, 1.82) is 0 Å². The van der Waals surface area contributed by atoms with E-state index in [0.717, 1.165) is 28.2 Å². The molecule has 29 heavy (non-hydrogen) atoms. The molecular formula is C22H30BrNO4Si. The smallest absolute Gasteiger partial charge is 0.236 e. The van der Waals surface area contributed by atoms with Gasteiger partial charge in [-0.25, -0.2) is 0 Å². The molecule has 1 fully saturated rings. The van der Waals surface area contributed by atoms with Gasteiger partial charge >= 0.3 is 0 Å². The van der Waals surface area contributed by atoms with Crippen LogP contribution in [0.4, 0.5) is 0 Å². The number of hydrogen-bond acceptors (Lipinski definition) is 4. The number of carbonyl (C=O) groups excluding carboxylic acids is 2. The maximum atomic E-state index is 12.8. The lowest BCUT2D eigenvalue weighted by atomic mass is 9.74. The van der Waals surface area contributed by atoms with E-state index < -0.39 is 31.9 Å². The van der Waals surface area contributed by atoms with Gasteiger partial charge < -0.3 is 9.53 Å². The van der Waals surface area contributed by atoms with Gasteiger partial charge in [0.2, 0.25) is 11.8 Å². The van der Waals surface area contributed by atoms with Crippen molar-refractivity contribution in [3.8, 4) is 0 Å². The Balaban J connectivity index is 2.06. The van der Waals surface area contributed by atoms with Crippen LogP contribution in [0.3, 0.4) is 0 Å². The number of aliphatic hydroxyl groups is 1. The quantitative estimate of drug-likeness (QED) is 0.356. The minimum atomic E-state index is -2.11. The summed E-state index contributed by atoms with van der Waals surface area (Å²) in [5.41, 5.74) is -0.266. The van der Waals surface area contributed by atoms with Gasteiger partial charge in [0.15, 0.2) is 8.32 Å². The predicted molar refractivity (Wildman–Crippen MR) is 119 cm³/mol. The molecule has 1 heterocycles. The summed E-state index contributed by atoms with van der Waals surface area (Å²) >= 11 is 3.44. The Labute approximate surface area is 182 Å². The van der Waals surface area contributed by atoms with Gasteiger partial charge in [0.1, 0.15) is 11.7 Å². The fraction of sp³-hybridized carbons (Fsp3) is 0.545. The third-order valence-corrected chi connectivity index (χ3v) is 12.0. The zero-order chi connectivity index (χ0) is 21.4. The van der Waals surface area contributed by atoms with Crippen LogP contribution in [0.5, 0.6) is 0 Å². The zero-order valence-corrected chi connectivity index (χ0v) is 20.1. The Morgan fingerprint density at radius 3 is 2.31 bits per heavy atom. The highest BCUT2D eigenvalue weighted by Crippen LogP contribution is 2.47. The number of likely N-dealkylation sites (tertiary alicyclic amines) is 1. The minimum absolute atomic E-state index is 0.173. The number of aliphatic hydroxyl groups excluding tert-OH is 1. The highest BCUT2D eigenvalue weighted by Gasteiger charge is 2.55. The lowest BCUT2D eigenvalue weighted by Gasteiger charge is -2.46. The second-order valence-electron chi connectivity index (χ2n) is 8.19. The lowest BCUT2D eigenvalue weighted by molar-refractivity contribution is -0.138. The van der Waals surface area contributed by atoms with Crippen molar-refractivity contribution in [2.24, 2.45) is 11.8 Å². The topological polar surface area (TPSA) is 66.8 Å². The summed E-state index contributed by atoms with van der Waals surface area (Å²) in [5.74, 6) is -1.30. The highest BCUT2D eigenvalue weighted by molar-refractivity contribution is 9.10. The Morgan fingerprint density at radius 1 is 1.17 bits per heavy atom. The van der Waals surface area contributed by atoms with Crippen LogP contribution in [0.2, 0.25) is 18.1 Å². The molecule has 1 aliphatic carbocycles. The molecule has 7 heteroatoms. The number of fused-ring (bicyclic) bond motifs is 1. The zero-order valence-electron chi connectivity index (χ0n) is 17.5. The lowest BCUT2D eigenvalue weighted by Crippen LogP contribution is -2.52. The molecule has 2 amide bonds. The first-order valence-corrected chi connectivity index (χ1v) is 13.7. The number of amides is 2. The summed E-state index contributed by atoms with van der Waals surface area (Å²) in [4.78, 5) is 26.4. The van der Waals surface area contributed by atoms with Crippen molar-refractivity contribution >= 4 is 36.1 Å². The molecule has 0 saturated carbocycles. The molecule has 0 spiro atoms. The van der Waals surface area contributed by atoms with E-state index in [-0.39, 0.29) is 11.8 Å². The molecule has 0 radical (unpaired) electrons. The van der Waals surface area contributed by atoms with Gasteiger partial charge in [-0.2, -0.15) is 0 Å². The fourth-order valence-electron chi connectivity index (χ4n) is 4.65. The van der Waals surface area contributed by atoms with Crippen molar-refractivity contribution in [3.63, 3.8) is 0 Å². The first-order chi connectivity index (χ1) is 13.7. The Bertz CT molecular complexity index is 799. The average molecular weight is 480 g/mol. The van der Waals surface area contributed by atoms with Crippen LogP contribution >= 0.6 is 15.9 Å². The molecule has 1 aromatic carbocycles. The second-order valence-corrected chi connectivity index (χ2v) is 13.8. The number of rotatable bonds is 7. The van der Waals surface area contributed by atoms with Crippen LogP contribution in [0.1, 0.15) is 38.9 Å². The Morgan fingerprint density at radius 2 is 1.76 bits per heavy atom. The fourth-order valence-corrected chi connectivity index (χ4v) is 7.91. The van der Waals surface area contributed by atoms with Gasteiger partial charge in [0.05, 0.1) is 11.8 Å². The molecule has 1 aliphatic heterocycles. The summed E-state index contributed by atoms with van der Waals surface area (Å²) in [5, 5.41) is 11.5. The van der Waals surface area contributed by atoms with Crippen LogP contribution in [0, 0.1) is 11.8 Å². The van der Waals surface area contributed by atoms with E-state index in [1.165, 1.54) is 11.9 Å². The molecule has 0 aromatic heterocycles. The van der Waals surface area contributed by atoms with Gasteiger partial charge in [-0.15, -0.1) is 0 Å². The van der Waals surface area contributed by atoms with E-state index >= 15 is 0 Å². The Hall–Kier alpha value is -1.28. The first-order valence-electron chi connectivity index (χ1n) is 10.4. The van der Waals surface area contributed by atoms with Gasteiger partial charge in [0, 0.05) is 11.5 Å². The van der Waals surface area contributed by atoms with E-state index in [2.05, 4.69) is 36.7 Å². The minimum Gasteiger partial charge on any atom is -0.405 e. The van der Waals surface area contributed by atoms with Crippen molar-refractivity contribution in [1.82, 2.24) is 4.90 Å². The van der Waals surface area contributed by atoms with Crippen LogP contribution < -0.4 is 0 Å². The molecule has 5 nitrogen and oxygen atoms in total. The van der Waals surface area contributed by atoms with E-state index in [1.54, 1.807) is 6.08 Å². The monoisotopic (exact) mass is 479 g/mol. The molecular weight excluding hydrogens is 450 g/mol. The number of nitrogens with zero attached hydrogens (tertiary/aromatic N) is 1. The largest absolute Gasteiger partial charge is 0.405 e. The highest BCUT2D eigenvalue weighted by atomic mass is 79.9. The first kappa shape index (κ1) is 22.4. The van der Waals surface area contributed by atoms with E-state index in [1.807, 2.05) is 30.3 Å². The maximum Gasteiger partial charge on any atom is 0.236 e. The van der Waals surface area contributed by atoms with Crippen molar-refractivity contribution in [2.75, 3.05) is 7.05 Å². The van der Waals surface area contributed by atoms with Crippen LogP contribution in [-0.2, 0) is 14.0 Å². The third kappa shape index (κ3) is 3.90. The van der Waals surface area contributed by atoms with Crippen LogP contribution in [-0.4, -0.2) is 42.8 Å². The maximum absolute atomic E-state index is 12.8. The van der Waals surface area contributed by atoms with Gasteiger partial charge in [-0.05, 0) is 42.2 Å². The normalized spacial score (nSPS) is 28.0. The van der Waals surface area contributed by atoms with E-state index in [4.69, 9.17) is 4.43 Å². The number of halogens is 1. The standard InChI is InChI=1S/C22H30BrNO4Si/c1-5-29(6-2,7-3)28-22(19(25)15-8-10-16(23)11-9-15)13-12-17-18(14-22)21(27)24(4)20(17)26/h8-13,17-19,25H,5-7,14H2,1-4H3/t17-,18+,19-,22-/m1/s1. The SMILES string of the molecule is CC[Si](CC)(CC)O[C@]1([C@H](O)c2ccc(Br)cc2)C=C[C@H]2C(=O)N(C)C(=O)[C@H]2C1. The van der Waals surface area contributed by atoms with Crippen molar-refractivity contribution in [2.45, 2.75) is 57.0 Å². The van der Waals surface area contributed by atoms with Gasteiger partial charge in [0.25, 0.3) is 0 Å². The van der Waals surface area contributed by atoms with Crippen molar-refractivity contribution in [3.05, 3.63) is 46.5 Å². The van der Waals surface area contributed by atoms with Crippen LogP contribution in [0.25, 0.3) is 0 Å². The van der Waals surface area contributed by atoms with E-state index in [0.29, 0.717) is 6.42 Å². The van der Waals surface area contributed by atoms with Gasteiger partial charge in [-0.1, -0.05) is 61.0 Å². The predicted octanol–water partition coefficient (Wildman–Crippen LogP) is 4.43. The summed E-state index contributed by atoms with van der Waals surface area (Å²) in [6.45, 7) is 6.44. The average Bonchev–Trinajstić information content (AvgIpc) is 2.95. The molecule has 1 aromatic rings. The Kier molecular flexibility index (Phi) is 6.53.